The van der Waals surface area contributed by atoms with Crippen LogP contribution in [0.5, 0.6) is 5.75 Å². The maximum Gasteiger partial charge on any atom is 0.119 e. The highest BCUT2D eigenvalue weighted by Crippen LogP contribution is 2.22. The van der Waals surface area contributed by atoms with Crippen molar-refractivity contribution in [3.8, 4) is 22.9 Å². The lowest BCUT2D eigenvalue weighted by Gasteiger charge is -2.08. The highest BCUT2D eigenvalue weighted by atomic mass is 16.5. The number of hydrogen-bond donors (Lipinski definition) is 0. The van der Waals surface area contributed by atoms with Crippen molar-refractivity contribution in [2.75, 3.05) is 33.5 Å². The third kappa shape index (κ3) is 4.88. The van der Waals surface area contributed by atoms with Gasteiger partial charge in [0.2, 0.25) is 0 Å². The van der Waals surface area contributed by atoms with Gasteiger partial charge < -0.3 is 14.2 Å². The van der Waals surface area contributed by atoms with E-state index in [9.17, 15) is 0 Å². The van der Waals surface area contributed by atoms with Gasteiger partial charge in [0, 0.05) is 7.11 Å². The molecule has 0 aromatic heterocycles. The number of ether oxygens (including phenoxy) is 3. The molecule has 0 spiro atoms. The van der Waals surface area contributed by atoms with Crippen LogP contribution in [0, 0.1) is 11.3 Å². The first-order valence-electron chi connectivity index (χ1n) is 7.13. The molecule has 22 heavy (non-hydrogen) atoms. The maximum absolute atomic E-state index is 8.80. The normalized spacial score (nSPS) is 10.2. The Hall–Kier alpha value is -2.35. The summed E-state index contributed by atoms with van der Waals surface area (Å²) < 4.78 is 15.8. The molecule has 0 aliphatic rings. The summed E-state index contributed by atoms with van der Waals surface area (Å²) in [6.45, 7) is 2.23. The molecule has 0 N–H and O–H groups in total. The van der Waals surface area contributed by atoms with E-state index in [1.165, 1.54) is 0 Å². The van der Waals surface area contributed by atoms with E-state index in [1.807, 2.05) is 48.5 Å². The Bertz CT molecular complexity index is 600. The molecular weight excluding hydrogens is 278 g/mol. The Kier molecular flexibility index (Phi) is 6.43. The van der Waals surface area contributed by atoms with Crippen LogP contribution in [0.3, 0.4) is 0 Å². The Morgan fingerprint density at radius 1 is 0.818 bits per heavy atom. The lowest BCUT2D eigenvalue weighted by Crippen LogP contribution is -2.09. The number of benzene rings is 2. The second-order valence-corrected chi connectivity index (χ2v) is 4.67. The third-order valence-corrected chi connectivity index (χ3v) is 3.13. The van der Waals surface area contributed by atoms with Crippen LogP contribution in [0.15, 0.2) is 48.5 Å². The molecule has 0 saturated heterocycles. The molecule has 0 bridgehead atoms. The summed E-state index contributed by atoms with van der Waals surface area (Å²) in [5.74, 6) is 0.813. The van der Waals surface area contributed by atoms with E-state index >= 15 is 0 Å². The van der Waals surface area contributed by atoms with Gasteiger partial charge in [-0.15, -0.1) is 0 Å². The molecule has 114 valence electrons. The predicted molar refractivity (Wildman–Crippen MR) is 84.8 cm³/mol. The van der Waals surface area contributed by atoms with E-state index < -0.39 is 0 Å². The quantitative estimate of drug-likeness (QED) is 0.702. The van der Waals surface area contributed by atoms with Crippen LogP contribution in [-0.2, 0) is 9.47 Å². The van der Waals surface area contributed by atoms with Gasteiger partial charge in [-0.25, -0.2) is 0 Å². The summed E-state index contributed by atoms with van der Waals surface area (Å²) in [5, 5.41) is 8.80. The maximum atomic E-state index is 8.80. The van der Waals surface area contributed by atoms with E-state index in [-0.39, 0.29) is 0 Å². The van der Waals surface area contributed by atoms with Crippen molar-refractivity contribution in [1.29, 1.82) is 5.26 Å². The first-order valence-corrected chi connectivity index (χ1v) is 7.13. The molecule has 0 amide bonds. The fraction of sp³-hybridized carbons (Fsp3) is 0.278. The molecular formula is C18H19NO3. The number of rotatable bonds is 8. The SMILES string of the molecule is COCCOCCOc1ccc(-c2ccc(C#N)cc2)cc1. The van der Waals surface area contributed by atoms with Crippen molar-refractivity contribution in [2.45, 2.75) is 0 Å². The summed E-state index contributed by atoms with van der Waals surface area (Å²) in [4.78, 5) is 0. The fourth-order valence-electron chi connectivity index (χ4n) is 1.94. The minimum absolute atomic E-state index is 0.514. The molecule has 0 radical (unpaired) electrons. The molecule has 2 rings (SSSR count). The van der Waals surface area contributed by atoms with Crippen molar-refractivity contribution >= 4 is 0 Å². The third-order valence-electron chi connectivity index (χ3n) is 3.13. The second kappa shape index (κ2) is 8.83. The zero-order valence-electron chi connectivity index (χ0n) is 12.6. The Morgan fingerprint density at radius 2 is 1.41 bits per heavy atom. The zero-order valence-corrected chi connectivity index (χ0v) is 12.6. The number of methoxy groups -OCH3 is 1. The Labute approximate surface area is 130 Å². The number of nitriles is 1. The van der Waals surface area contributed by atoms with E-state index in [4.69, 9.17) is 19.5 Å². The van der Waals surface area contributed by atoms with Crippen LogP contribution in [-0.4, -0.2) is 33.5 Å². The molecule has 0 aliphatic heterocycles. The topological polar surface area (TPSA) is 51.5 Å². The summed E-state index contributed by atoms with van der Waals surface area (Å²) in [6, 6.07) is 17.5. The first kappa shape index (κ1) is 16.0. The van der Waals surface area contributed by atoms with Gasteiger partial charge in [0.15, 0.2) is 0 Å². The summed E-state index contributed by atoms with van der Waals surface area (Å²) in [6.07, 6.45) is 0. The van der Waals surface area contributed by atoms with Crippen molar-refractivity contribution in [3.63, 3.8) is 0 Å². The molecule has 2 aromatic carbocycles. The highest BCUT2D eigenvalue weighted by Gasteiger charge is 1.99. The monoisotopic (exact) mass is 297 g/mol. The fourth-order valence-corrected chi connectivity index (χ4v) is 1.94. The van der Waals surface area contributed by atoms with Crippen LogP contribution in [0.1, 0.15) is 5.56 Å². The van der Waals surface area contributed by atoms with Crippen LogP contribution in [0.2, 0.25) is 0 Å². The number of nitrogens with zero attached hydrogens (tertiary/aromatic N) is 1. The van der Waals surface area contributed by atoms with E-state index in [0.717, 1.165) is 16.9 Å². The average Bonchev–Trinajstić information content (AvgIpc) is 2.59. The van der Waals surface area contributed by atoms with Gasteiger partial charge in [0.25, 0.3) is 0 Å². The van der Waals surface area contributed by atoms with Gasteiger partial charge in [-0.3, -0.25) is 0 Å². The first-order chi connectivity index (χ1) is 10.8. The van der Waals surface area contributed by atoms with E-state index in [2.05, 4.69) is 6.07 Å². The smallest absolute Gasteiger partial charge is 0.119 e. The van der Waals surface area contributed by atoms with E-state index in [1.54, 1.807) is 7.11 Å². The van der Waals surface area contributed by atoms with Crippen molar-refractivity contribution in [3.05, 3.63) is 54.1 Å². The van der Waals surface area contributed by atoms with Gasteiger partial charge in [0.1, 0.15) is 12.4 Å². The molecule has 0 unspecified atom stereocenters. The summed E-state index contributed by atoms with van der Waals surface area (Å²) in [5.41, 5.74) is 2.83. The highest BCUT2D eigenvalue weighted by molar-refractivity contribution is 5.64. The molecule has 4 heteroatoms. The predicted octanol–water partition coefficient (Wildman–Crippen LogP) is 3.27. The minimum Gasteiger partial charge on any atom is -0.491 e. The van der Waals surface area contributed by atoms with Gasteiger partial charge in [-0.1, -0.05) is 24.3 Å². The molecule has 0 heterocycles. The Morgan fingerprint density at radius 3 is 2.00 bits per heavy atom. The summed E-state index contributed by atoms with van der Waals surface area (Å²) in [7, 11) is 1.65. The molecule has 4 nitrogen and oxygen atoms in total. The van der Waals surface area contributed by atoms with Crippen molar-refractivity contribution in [2.24, 2.45) is 0 Å². The van der Waals surface area contributed by atoms with Crippen LogP contribution in [0.4, 0.5) is 0 Å². The van der Waals surface area contributed by atoms with Crippen molar-refractivity contribution in [1.82, 2.24) is 0 Å². The lowest BCUT2D eigenvalue weighted by molar-refractivity contribution is 0.0544. The summed E-state index contributed by atoms with van der Waals surface area (Å²) >= 11 is 0. The molecule has 0 fully saturated rings. The van der Waals surface area contributed by atoms with Crippen LogP contribution >= 0.6 is 0 Å². The number of hydrogen-bond acceptors (Lipinski definition) is 4. The van der Waals surface area contributed by atoms with E-state index in [0.29, 0.717) is 32.0 Å². The molecule has 0 atom stereocenters. The molecule has 2 aromatic rings. The molecule has 0 saturated carbocycles. The zero-order chi connectivity index (χ0) is 15.6. The second-order valence-electron chi connectivity index (χ2n) is 4.67. The van der Waals surface area contributed by atoms with Crippen LogP contribution < -0.4 is 4.74 Å². The van der Waals surface area contributed by atoms with Gasteiger partial charge >= 0.3 is 0 Å². The lowest BCUT2D eigenvalue weighted by atomic mass is 10.0. The van der Waals surface area contributed by atoms with Gasteiger partial charge in [0.05, 0.1) is 31.5 Å². The van der Waals surface area contributed by atoms with Crippen LogP contribution in [0.25, 0.3) is 11.1 Å². The van der Waals surface area contributed by atoms with Gasteiger partial charge in [-0.05, 0) is 35.4 Å². The minimum atomic E-state index is 0.514. The average molecular weight is 297 g/mol. The van der Waals surface area contributed by atoms with Gasteiger partial charge in [-0.2, -0.15) is 5.26 Å². The standard InChI is InChI=1S/C18H19NO3/c1-20-10-11-21-12-13-22-18-8-6-17(7-9-18)16-4-2-15(14-19)3-5-16/h2-9H,10-13H2,1H3. The van der Waals surface area contributed by atoms with Crippen molar-refractivity contribution < 1.29 is 14.2 Å². The molecule has 0 aliphatic carbocycles. The Balaban J connectivity index is 1.83. The largest absolute Gasteiger partial charge is 0.491 e.